The maximum Gasteiger partial charge on any atom is 0.253 e. The van der Waals surface area contributed by atoms with Gasteiger partial charge in [0.05, 0.1) is 29.2 Å². The summed E-state index contributed by atoms with van der Waals surface area (Å²) in [6, 6.07) is 10.3. The second-order valence-electron chi connectivity index (χ2n) is 8.83. The number of alkyl halides is 2. The van der Waals surface area contributed by atoms with Crippen LogP contribution in [0.1, 0.15) is 19.0 Å². The van der Waals surface area contributed by atoms with Crippen molar-refractivity contribution >= 4 is 29.4 Å². The quantitative estimate of drug-likeness (QED) is 0.632. The Balaban J connectivity index is 1.24. The first kappa shape index (κ1) is 21.5. The van der Waals surface area contributed by atoms with E-state index in [1.807, 2.05) is 38.9 Å². The van der Waals surface area contributed by atoms with E-state index in [9.17, 15) is 13.6 Å². The molecule has 2 aromatic rings. The minimum atomic E-state index is -2.50. The Morgan fingerprint density at radius 1 is 1.12 bits per heavy atom. The number of nitrogens with zero attached hydrogens (tertiary/aromatic N) is 5. The van der Waals surface area contributed by atoms with Crippen molar-refractivity contribution in [3.8, 4) is 11.1 Å². The lowest BCUT2D eigenvalue weighted by Gasteiger charge is -2.33. The monoisotopic (exact) mass is 459 g/mol. The van der Waals surface area contributed by atoms with Crippen LogP contribution < -0.4 is 8.61 Å². The molecular weight excluding hydrogens is 432 g/mol. The number of fused-ring (bicyclic) bond motifs is 1. The van der Waals surface area contributed by atoms with Gasteiger partial charge in [0.25, 0.3) is 5.92 Å². The summed E-state index contributed by atoms with van der Waals surface area (Å²) >= 11 is 1.48. The largest absolute Gasteiger partial charge is 0.340 e. The van der Waals surface area contributed by atoms with Gasteiger partial charge < -0.3 is 4.90 Å². The van der Waals surface area contributed by atoms with Crippen LogP contribution in [0, 0.1) is 5.92 Å². The van der Waals surface area contributed by atoms with Gasteiger partial charge in [0.1, 0.15) is 0 Å². The van der Waals surface area contributed by atoms with E-state index >= 15 is 0 Å². The molecule has 0 bridgehead atoms. The number of rotatable bonds is 5. The number of pyridine rings is 1. The molecule has 1 atom stereocenters. The normalized spacial score (nSPS) is 22.2. The van der Waals surface area contributed by atoms with E-state index in [0.717, 1.165) is 60.9 Å². The number of aromatic nitrogens is 1. The van der Waals surface area contributed by atoms with Crippen molar-refractivity contribution in [2.45, 2.75) is 25.8 Å². The smallest absolute Gasteiger partial charge is 0.253 e. The SMILES string of the molecule is CC(=O)N1CCN(Cc2ccc(-c3ccc4c(c3)N(C)SN4CC3CC3(F)F)cn2)CC1. The molecule has 3 aliphatic rings. The van der Waals surface area contributed by atoms with Gasteiger partial charge in [0, 0.05) is 77.3 Å². The molecule has 1 saturated heterocycles. The lowest BCUT2D eigenvalue weighted by Crippen LogP contribution is -2.47. The second kappa shape index (κ2) is 8.19. The van der Waals surface area contributed by atoms with Gasteiger partial charge in [-0.2, -0.15) is 0 Å². The summed E-state index contributed by atoms with van der Waals surface area (Å²) < 4.78 is 30.7. The topological polar surface area (TPSA) is 42.9 Å². The molecule has 170 valence electrons. The molecule has 1 amide bonds. The van der Waals surface area contributed by atoms with Crippen molar-refractivity contribution in [2.75, 3.05) is 48.4 Å². The summed E-state index contributed by atoms with van der Waals surface area (Å²) in [7, 11) is 1.96. The zero-order chi connectivity index (χ0) is 22.5. The van der Waals surface area contributed by atoms with Crippen molar-refractivity contribution < 1.29 is 13.6 Å². The fourth-order valence-electron chi connectivity index (χ4n) is 4.34. The highest BCUT2D eigenvalue weighted by molar-refractivity contribution is 8.02. The van der Waals surface area contributed by atoms with Crippen LogP contribution in [-0.2, 0) is 11.3 Å². The van der Waals surface area contributed by atoms with E-state index in [1.165, 1.54) is 12.1 Å². The van der Waals surface area contributed by atoms with E-state index in [1.54, 1.807) is 6.92 Å². The molecular formula is C23H27F2N5OS. The fourth-order valence-corrected chi connectivity index (χ4v) is 5.36. The third kappa shape index (κ3) is 4.28. The molecule has 1 aliphatic carbocycles. The predicted molar refractivity (Wildman–Crippen MR) is 124 cm³/mol. The maximum absolute atomic E-state index is 13.4. The van der Waals surface area contributed by atoms with Crippen LogP contribution in [0.15, 0.2) is 36.5 Å². The number of hydrogen-bond acceptors (Lipinski definition) is 6. The van der Waals surface area contributed by atoms with Gasteiger partial charge in [-0.1, -0.05) is 12.1 Å². The number of carbonyl (C=O) groups is 1. The number of halogens is 2. The van der Waals surface area contributed by atoms with Gasteiger partial charge in [-0.3, -0.25) is 23.3 Å². The summed E-state index contributed by atoms with van der Waals surface area (Å²) in [6.45, 7) is 6.02. The Morgan fingerprint density at radius 3 is 2.47 bits per heavy atom. The summed E-state index contributed by atoms with van der Waals surface area (Å²) in [4.78, 5) is 20.3. The Bertz CT molecular complexity index is 1010. The molecule has 0 spiro atoms. The lowest BCUT2D eigenvalue weighted by molar-refractivity contribution is -0.130. The number of anilines is 2. The predicted octanol–water partition coefficient (Wildman–Crippen LogP) is 3.89. The minimum Gasteiger partial charge on any atom is -0.340 e. The van der Waals surface area contributed by atoms with E-state index < -0.39 is 11.8 Å². The van der Waals surface area contributed by atoms with E-state index in [2.05, 4.69) is 28.1 Å². The molecule has 9 heteroatoms. The standard InChI is InChI=1S/C23H27F2N5OS/c1-16(31)29-9-7-28(8-10-29)15-20-5-3-18(13-26-20)17-4-6-21-22(11-17)27(2)32-30(21)14-19-12-23(19,24)25/h3-6,11,13,19H,7-10,12,14-15H2,1-2H3. The number of piperazine rings is 1. The summed E-state index contributed by atoms with van der Waals surface area (Å²) in [5.41, 5.74) is 5.12. The van der Waals surface area contributed by atoms with Gasteiger partial charge in [0.15, 0.2) is 0 Å². The Hall–Kier alpha value is -2.39. The Labute approximate surface area is 191 Å². The molecule has 32 heavy (non-hydrogen) atoms. The zero-order valence-corrected chi connectivity index (χ0v) is 19.1. The summed E-state index contributed by atoms with van der Waals surface area (Å²) in [5, 5.41) is 0. The van der Waals surface area contributed by atoms with Gasteiger partial charge in [-0.15, -0.1) is 0 Å². The molecule has 2 aliphatic heterocycles. The van der Waals surface area contributed by atoms with Crippen LogP contribution in [0.5, 0.6) is 0 Å². The highest BCUT2D eigenvalue weighted by atomic mass is 32.2. The van der Waals surface area contributed by atoms with Crippen molar-refractivity contribution in [3.63, 3.8) is 0 Å². The average molecular weight is 460 g/mol. The first-order valence-electron chi connectivity index (χ1n) is 10.9. The lowest BCUT2D eigenvalue weighted by atomic mass is 10.1. The average Bonchev–Trinajstić information content (AvgIpc) is 3.26. The molecule has 5 rings (SSSR count). The van der Waals surface area contributed by atoms with Gasteiger partial charge in [-0.25, -0.2) is 8.78 Å². The van der Waals surface area contributed by atoms with Gasteiger partial charge >= 0.3 is 0 Å². The molecule has 1 unspecified atom stereocenters. The zero-order valence-electron chi connectivity index (χ0n) is 18.3. The van der Waals surface area contributed by atoms with Gasteiger partial charge in [0.2, 0.25) is 5.91 Å². The minimum absolute atomic E-state index is 0.00831. The molecule has 0 N–H and O–H groups in total. The van der Waals surface area contributed by atoms with Crippen molar-refractivity contribution in [1.82, 2.24) is 14.8 Å². The van der Waals surface area contributed by atoms with Gasteiger partial charge in [-0.05, 0) is 23.8 Å². The van der Waals surface area contributed by atoms with Crippen LogP contribution in [0.3, 0.4) is 0 Å². The van der Waals surface area contributed by atoms with Crippen molar-refractivity contribution in [3.05, 3.63) is 42.2 Å². The van der Waals surface area contributed by atoms with Crippen LogP contribution in [0.4, 0.5) is 20.2 Å². The van der Waals surface area contributed by atoms with Crippen molar-refractivity contribution in [2.24, 2.45) is 5.92 Å². The molecule has 0 radical (unpaired) electrons. The van der Waals surface area contributed by atoms with E-state index in [4.69, 9.17) is 0 Å². The van der Waals surface area contributed by atoms with Crippen molar-refractivity contribution in [1.29, 1.82) is 0 Å². The second-order valence-corrected chi connectivity index (χ2v) is 9.98. The highest BCUT2D eigenvalue weighted by Crippen LogP contribution is 2.53. The molecule has 2 fully saturated rings. The molecule has 3 heterocycles. The molecule has 1 aromatic carbocycles. The third-order valence-corrected chi connectivity index (χ3v) is 7.49. The van der Waals surface area contributed by atoms with E-state index in [-0.39, 0.29) is 12.3 Å². The molecule has 1 aromatic heterocycles. The summed E-state index contributed by atoms with van der Waals surface area (Å²) in [5.74, 6) is -2.91. The Kier molecular flexibility index (Phi) is 5.49. The number of hydrogen-bond donors (Lipinski definition) is 0. The molecule has 6 nitrogen and oxygen atoms in total. The van der Waals surface area contributed by atoms with Crippen LogP contribution in [-0.4, -0.2) is 66.4 Å². The first-order chi connectivity index (χ1) is 15.3. The number of carbonyl (C=O) groups excluding carboxylic acids is 1. The van der Waals surface area contributed by atoms with Crippen LogP contribution >= 0.6 is 12.1 Å². The van der Waals surface area contributed by atoms with Crippen LogP contribution in [0.2, 0.25) is 0 Å². The highest BCUT2D eigenvalue weighted by Gasteiger charge is 2.57. The van der Waals surface area contributed by atoms with Crippen LogP contribution in [0.25, 0.3) is 11.1 Å². The number of amides is 1. The first-order valence-corrected chi connectivity index (χ1v) is 11.7. The third-order valence-electron chi connectivity index (χ3n) is 6.51. The Morgan fingerprint density at radius 2 is 1.84 bits per heavy atom. The molecule has 1 saturated carbocycles. The summed E-state index contributed by atoms with van der Waals surface area (Å²) in [6.07, 6.45) is 1.89. The number of benzene rings is 1. The fraction of sp³-hybridized carbons (Fsp3) is 0.478. The van der Waals surface area contributed by atoms with E-state index in [0.29, 0.717) is 6.54 Å². The maximum atomic E-state index is 13.4.